The number of hydrogen-bond acceptors (Lipinski definition) is 3. The number of hydrogen-bond donors (Lipinski definition) is 1. The molecular formula is C13H22ClN3S. The maximum absolute atomic E-state index is 6.35. The molecule has 1 fully saturated rings. The highest BCUT2D eigenvalue weighted by atomic mass is 35.5. The lowest BCUT2D eigenvalue weighted by Gasteiger charge is -2.30. The molecule has 1 aromatic rings. The Bertz CT molecular complexity index is 386. The third-order valence-electron chi connectivity index (χ3n) is 3.47. The summed E-state index contributed by atoms with van der Waals surface area (Å²) in [7, 11) is 2.02. The van der Waals surface area contributed by atoms with Gasteiger partial charge in [-0.15, -0.1) is 0 Å². The zero-order valence-corrected chi connectivity index (χ0v) is 12.9. The van der Waals surface area contributed by atoms with Crippen LogP contribution in [0.2, 0.25) is 5.02 Å². The lowest BCUT2D eigenvalue weighted by atomic mass is 10.0. The van der Waals surface area contributed by atoms with Crippen LogP contribution in [0.4, 0.5) is 0 Å². The van der Waals surface area contributed by atoms with Crippen LogP contribution in [0, 0.1) is 0 Å². The van der Waals surface area contributed by atoms with Crippen molar-refractivity contribution in [1.82, 2.24) is 15.1 Å². The van der Waals surface area contributed by atoms with Gasteiger partial charge in [-0.3, -0.25) is 4.68 Å². The zero-order valence-electron chi connectivity index (χ0n) is 11.3. The van der Waals surface area contributed by atoms with Crippen molar-refractivity contribution in [2.24, 2.45) is 0 Å². The van der Waals surface area contributed by atoms with Gasteiger partial charge < -0.3 is 5.32 Å². The van der Waals surface area contributed by atoms with E-state index in [-0.39, 0.29) is 0 Å². The average molecular weight is 288 g/mol. The maximum atomic E-state index is 6.35. The highest BCUT2D eigenvalue weighted by molar-refractivity contribution is 8.00. The molecule has 1 aliphatic heterocycles. The highest BCUT2D eigenvalue weighted by Gasteiger charge is 2.29. The van der Waals surface area contributed by atoms with E-state index in [9.17, 15) is 0 Å². The molecule has 0 radical (unpaired) electrons. The SMILES string of the molecule is CNC(c1c(Cl)cnn1C(C)C)C1CCCCS1. The maximum Gasteiger partial charge on any atom is 0.0834 e. The van der Waals surface area contributed by atoms with Gasteiger partial charge in [0.15, 0.2) is 0 Å². The van der Waals surface area contributed by atoms with E-state index in [1.54, 1.807) is 6.20 Å². The monoisotopic (exact) mass is 287 g/mol. The van der Waals surface area contributed by atoms with Crippen LogP contribution in [0.25, 0.3) is 0 Å². The Hall–Kier alpha value is -0.190. The van der Waals surface area contributed by atoms with Gasteiger partial charge in [0.25, 0.3) is 0 Å². The van der Waals surface area contributed by atoms with E-state index in [0.29, 0.717) is 17.3 Å². The third kappa shape index (κ3) is 2.86. The molecule has 0 aromatic carbocycles. The number of rotatable bonds is 4. The van der Waals surface area contributed by atoms with E-state index in [0.717, 1.165) is 10.7 Å². The molecule has 0 amide bonds. The largest absolute Gasteiger partial charge is 0.311 e. The van der Waals surface area contributed by atoms with Crippen molar-refractivity contribution in [2.75, 3.05) is 12.8 Å². The summed E-state index contributed by atoms with van der Waals surface area (Å²) in [5.74, 6) is 1.26. The van der Waals surface area contributed by atoms with Crippen LogP contribution in [0.5, 0.6) is 0 Å². The Morgan fingerprint density at radius 2 is 2.28 bits per heavy atom. The number of thioether (sulfide) groups is 1. The molecular weight excluding hydrogens is 266 g/mol. The lowest BCUT2D eigenvalue weighted by Crippen LogP contribution is -2.32. The summed E-state index contributed by atoms with van der Waals surface area (Å²) in [6, 6.07) is 0.643. The average Bonchev–Trinajstić information content (AvgIpc) is 2.74. The van der Waals surface area contributed by atoms with Gasteiger partial charge >= 0.3 is 0 Å². The molecule has 0 spiro atoms. The normalized spacial score (nSPS) is 22.4. The summed E-state index contributed by atoms with van der Waals surface area (Å²) in [5.41, 5.74) is 1.15. The second kappa shape index (κ2) is 6.31. The summed E-state index contributed by atoms with van der Waals surface area (Å²) in [6.07, 6.45) is 5.70. The van der Waals surface area contributed by atoms with E-state index in [2.05, 4.69) is 40.7 Å². The molecule has 2 heterocycles. The van der Waals surface area contributed by atoms with Crippen LogP contribution in [-0.4, -0.2) is 27.8 Å². The summed E-state index contributed by atoms with van der Waals surface area (Å²) < 4.78 is 2.05. The molecule has 1 aliphatic rings. The van der Waals surface area contributed by atoms with Crippen molar-refractivity contribution in [3.63, 3.8) is 0 Å². The smallest absolute Gasteiger partial charge is 0.0834 e. The minimum absolute atomic E-state index is 0.299. The van der Waals surface area contributed by atoms with Crippen LogP contribution in [-0.2, 0) is 0 Å². The Morgan fingerprint density at radius 1 is 1.50 bits per heavy atom. The Kier molecular flexibility index (Phi) is 4.98. The van der Waals surface area contributed by atoms with E-state index in [1.165, 1.54) is 25.0 Å². The van der Waals surface area contributed by atoms with Gasteiger partial charge in [0, 0.05) is 11.3 Å². The van der Waals surface area contributed by atoms with Gasteiger partial charge in [0.2, 0.25) is 0 Å². The minimum atomic E-state index is 0.299. The first-order valence-corrected chi connectivity index (χ1v) is 8.09. The molecule has 0 aliphatic carbocycles. The standard InChI is InChI=1S/C13H22ClN3S/c1-9(2)17-13(10(14)8-16-17)12(15-3)11-6-4-5-7-18-11/h8-9,11-12,15H,4-7H2,1-3H3. The molecule has 1 N–H and O–H groups in total. The van der Waals surface area contributed by atoms with Gasteiger partial charge in [0.1, 0.15) is 0 Å². The van der Waals surface area contributed by atoms with Crippen molar-refractivity contribution < 1.29 is 0 Å². The fraction of sp³-hybridized carbons (Fsp3) is 0.769. The predicted octanol–water partition coefficient (Wildman–Crippen LogP) is 3.66. The van der Waals surface area contributed by atoms with E-state index >= 15 is 0 Å². The first-order chi connectivity index (χ1) is 8.65. The van der Waals surface area contributed by atoms with Crippen molar-refractivity contribution in [3.8, 4) is 0 Å². The number of halogens is 1. The molecule has 2 unspecified atom stereocenters. The van der Waals surface area contributed by atoms with Crippen LogP contribution in [0.15, 0.2) is 6.20 Å². The number of nitrogens with zero attached hydrogens (tertiary/aromatic N) is 2. The Balaban J connectivity index is 2.28. The van der Waals surface area contributed by atoms with E-state index < -0.39 is 0 Å². The molecule has 0 bridgehead atoms. The van der Waals surface area contributed by atoms with Crippen LogP contribution >= 0.6 is 23.4 Å². The summed E-state index contributed by atoms with van der Waals surface area (Å²) in [5, 5.41) is 9.25. The van der Waals surface area contributed by atoms with Crippen LogP contribution in [0.1, 0.15) is 50.9 Å². The minimum Gasteiger partial charge on any atom is -0.311 e. The molecule has 5 heteroatoms. The topological polar surface area (TPSA) is 29.9 Å². The van der Waals surface area contributed by atoms with E-state index in [4.69, 9.17) is 11.6 Å². The summed E-state index contributed by atoms with van der Waals surface area (Å²) >= 11 is 8.41. The molecule has 0 saturated carbocycles. The van der Waals surface area contributed by atoms with Gasteiger partial charge in [-0.25, -0.2) is 0 Å². The number of aromatic nitrogens is 2. The van der Waals surface area contributed by atoms with Gasteiger partial charge in [-0.2, -0.15) is 16.9 Å². The van der Waals surface area contributed by atoms with Crippen molar-refractivity contribution in [2.45, 2.75) is 50.4 Å². The Labute approximate surface area is 119 Å². The lowest BCUT2D eigenvalue weighted by molar-refractivity contribution is 0.439. The Morgan fingerprint density at radius 3 is 2.83 bits per heavy atom. The quantitative estimate of drug-likeness (QED) is 0.916. The second-order valence-corrected chi connectivity index (χ2v) is 6.84. The van der Waals surface area contributed by atoms with Crippen molar-refractivity contribution >= 4 is 23.4 Å². The van der Waals surface area contributed by atoms with Gasteiger partial charge in [-0.1, -0.05) is 18.0 Å². The first kappa shape index (κ1) is 14.2. The second-order valence-electron chi connectivity index (χ2n) is 5.09. The molecule has 2 atom stereocenters. The zero-order chi connectivity index (χ0) is 13.1. The molecule has 3 nitrogen and oxygen atoms in total. The predicted molar refractivity (Wildman–Crippen MR) is 79.5 cm³/mol. The first-order valence-electron chi connectivity index (χ1n) is 6.67. The number of nitrogens with one attached hydrogen (secondary N) is 1. The van der Waals surface area contributed by atoms with Crippen LogP contribution in [0.3, 0.4) is 0 Å². The fourth-order valence-corrected chi connectivity index (χ4v) is 4.29. The fourth-order valence-electron chi connectivity index (χ4n) is 2.58. The third-order valence-corrected chi connectivity index (χ3v) is 5.22. The van der Waals surface area contributed by atoms with Gasteiger partial charge in [0.05, 0.1) is 23.0 Å². The molecule has 1 saturated heterocycles. The van der Waals surface area contributed by atoms with Crippen LogP contribution < -0.4 is 5.32 Å². The summed E-state index contributed by atoms with van der Waals surface area (Å²) in [4.78, 5) is 0. The molecule has 1 aromatic heterocycles. The molecule has 102 valence electrons. The molecule has 18 heavy (non-hydrogen) atoms. The van der Waals surface area contributed by atoms with E-state index in [1.807, 2.05) is 7.05 Å². The van der Waals surface area contributed by atoms with Gasteiger partial charge in [-0.05, 0) is 39.5 Å². The molecule has 2 rings (SSSR count). The van der Waals surface area contributed by atoms with Crippen molar-refractivity contribution in [3.05, 3.63) is 16.9 Å². The summed E-state index contributed by atoms with van der Waals surface area (Å²) in [6.45, 7) is 4.29. The highest BCUT2D eigenvalue weighted by Crippen LogP contribution is 2.37. The van der Waals surface area contributed by atoms with Crippen molar-refractivity contribution in [1.29, 1.82) is 0 Å².